The summed E-state index contributed by atoms with van der Waals surface area (Å²) in [6.07, 6.45) is 3.97. The Hall–Kier alpha value is -2.91. The van der Waals surface area contributed by atoms with E-state index >= 15 is 0 Å². The molecule has 2 fully saturated rings. The van der Waals surface area contributed by atoms with Crippen molar-refractivity contribution in [2.24, 2.45) is 5.92 Å². The normalized spacial score (nSPS) is 19.1. The van der Waals surface area contributed by atoms with E-state index in [9.17, 15) is 9.59 Å². The molecule has 2 saturated heterocycles. The van der Waals surface area contributed by atoms with Gasteiger partial charge in [-0.2, -0.15) is 0 Å². The molecule has 1 N–H and O–H groups in total. The number of esters is 1. The van der Waals surface area contributed by atoms with Crippen LogP contribution in [0.4, 0.5) is 5.82 Å². The molecule has 4 rings (SSSR count). The number of hydrogen-bond donors (Lipinski definition) is 1. The number of H-pyrrole nitrogens is 1. The Morgan fingerprint density at radius 2 is 1.91 bits per heavy atom. The molecule has 0 radical (unpaired) electrons. The van der Waals surface area contributed by atoms with Gasteiger partial charge < -0.3 is 24.3 Å². The van der Waals surface area contributed by atoms with Gasteiger partial charge in [-0.15, -0.1) is 0 Å². The molecule has 1 amide bonds. The van der Waals surface area contributed by atoms with E-state index in [2.05, 4.69) is 25.8 Å². The Labute approximate surface area is 207 Å². The topological polar surface area (TPSA) is 91.0 Å². The molecule has 0 aromatic carbocycles. The van der Waals surface area contributed by atoms with E-state index in [1.54, 1.807) is 14.0 Å². The van der Waals surface area contributed by atoms with Crippen molar-refractivity contribution in [1.82, 2.24) is 19.8 Å². The number of piperazine rings is 1. The third-order valence-corrected chi connectivity index (χ3v) is 7.04. The van der Waals surface area contributed by atoms with Crippen molar-refractivity contribution in [1.29, 1.82) is 0 Å². The van der Waals surface area contributed by atoms with Crippen molar-refractivity contribution in [3.8, 4) is 0 Å². The number of rotatable bonds is 8. The van der Waals surface area contributed by atoms with Gasteiger partial charge in [0.05, 0.1) is 12.2 Å². The number of pyridine rings is 1. The average molecular weight is 484 g/mol. The van der Waals surface area contributed by atoms with E-state index in [0.717, 1.165) is 64.5 Å². The van der Waals surface area contributed by atoms with E-state index in [1.165, 1.54) is 0 Å². The molecule has 35 heavy (non-hydrogen) atoms. The maximum absolute atomic E-state index is 13.4. The number of nitrogens with zero attached hydrogens (tertiary/aromatic N) is 4. The van der Waals surface area contributed by atoms with Crippen LogP contribution in [0.5, 0.6) is 0 Å². The van der Waals surface area contributed by atoms with Crippen molar-refractivity contribution >= 4 is 17.7 Å². The number of aromatic amines is 1. The Morgan fingerprint density at radius 1 is 1.11 bits per heavy atom. The lowest BCUT2D eigenvalue weighted by Gasteiger charge is -2.39. The fourth-order valence-corrected chi connectivity index (χ4v) is 5.18. The molecule has 2 aliphatic rings. The standard InChI is InChI=1S/C26H37N5O4/c1-19-23(26(33)35-16-15-34-3)20(2)28-24(19)25(32)31-10-6-7-21(18-31)17-29-11-13-30(14-12-29)22-8-4-5-9-27-22/h4-5,8-9,21,28H,6-7,10-18H2,1-3H3. The maximum Gasteiger partial charge on any atom is 0.340 e. The SMILES string of the molecule is COCCOC(=O)c1c(C)[nH]c(C(=O)N2CCCC(CN3CCN(c4ccccn4)CC3)C2)c1C. The number of likely N-dealkylation sites (tertiary alicyclic amines) is 1. The fourth-order valence-electron chi connectivity index (χ4n) is 5.18. The third-order valence-electron chi connectivity index (χ3n) is 7.04. The molecule has 1 unspecified atom stereocenters. The molecule has 0 saturated carbocycles. The number of hydrogen-bond acceptors (Lipinski definition) is 7. The summed E-state index contributed by atoms with van der Waals surface area (Å²) in [5, 5.41) is 0. The van der Waals surface area contributed by atoms with Gasteiger partial charge in [0, 0.05) is 64.8 Å². The second-order valence-corrected chi connectivity index (χ2v) is 9.49. The average Bonchev–Trinajstić information content (AvgIpc) is 3.18. The Balaban J connectivity index is 1.32. The van der Waals surface area contributed by atoms with Crippen LogP contribution in [-0.2, 0) is 9.47 Å². The van der Waals surface area contributed by atoms with Crippen LogP contribution in [0.15, 0.2) is 24.4 Å². The molecule has 2 aliphatic heterocycles. The summed E-state index contributed by atoms with van der Waals surface area (Å²) in [5.74, 6) is 1.03. The molecule has 9 nitrogen and oxygen atoms in total. The van der Waals surface area contributed by atoms with Gasteiger partial charge in [-0.25, -0.2) is 9.78 Å². The number of anilines is 1. The molecule has 4 heterocycles. The number of carbonyl (C=O) groups is 2. The largest absolute Gasteiger partial charge is 0.460 e. The number of ether oxygens (including phenoxy) is 2. The summed E-state index contributed by atoms with van der Waals surface area (Å²) in [6.45, 7) is 10.6. The lowest BCUT2D eigenvalue weighted by molar-refractivity contribution is 0.0386. The highest BCUT2D eigenvalue weighted by Gasteiger charge is 2.30. The minimum absolute atomic E-state index is 0.0359. The maximum atomic E-state index is 13.4. The number of amides is 1. The van der Waals surface area contributed by atoms with Crippen LogP contribution in [0.2, 0.25) is 0 Å². The summed E-state index contributed by atoms with van der Waals surface area (Å²) in [7, 11) is 1.56. The predicted octanol–water partition coefficient (Wildman–Crippen LogP) is 2.50. The van der Waals surface area contributed by atoms with Crippen LogP contribution < -0.4 is 4.90 Å². The van der Waals surface area contributed by atoms with Gasteiger partial charge in [-0.3, -0.25) is 9.69 Å². The zero-order valence-electron chi connectivity index (χ0n) is 21.1. The van der Waals surface area contributed by atoms with E-state index in [1.807, 2.05) is 30.2 Å². The lowest BCUT2D eigenvalue weighted by atomic mass is 9.96. The first-order valence-electron chi connectivity index (χ1n) is 12.5. The van der Waals surface area contributed by atoms with Crippen LogP contribution >= 0.6 is 0 Å². The minimum Gasteiger partial charge on any atom is -0.460 e. The van der Waals surface area contributed by atoms with E-state index < -0.39 is 5.97 Å². The quantitative estimate of drug-likeness (QED) is 0.456. The highest BCUT2D eigenvalue weighted by Crippen LogP contribution is 2.24. The molecular formula is C26H37N5O4. The number of methoxy groups -OCH3 is 1. The van der Waals surface area contributed by atoms with Gasteiger partial charge >= 0.3 is 5.97 Å². The van der Waals surface area contributed by atoms with Crippen LogP contribution in [0.3, 0.4) is 0 Å². The summed E-state index contributed by atoms with van der Waals surface area (Å²) in [6, 6.07) is 6.04. The number of carbonyl (C=O) groups excluding carboxylic acids is 2. The number of nitrogens with one attached hydrogen (secondary N) is 1. The first-order valence-corrected chi connectivity index (χ1v) is 12.5. The predicted molar refractivity (Wildman–Crippen MR) is 134 cm³/mol. The molecule has 9 heteroatoms. The highest BCUT2D eigenvalue weighted by atomic mass is 16.6. The molecule has 2 aromatic heterocycles. The fraction of sp³-hybridized carbons (Fsp3) is 0.577. The summed E-state index contributed by atoms with van der Waals surface area (Å²) in [4.78, 5) is 40.3. The van der Waals surface area contributed by atoms with Crippen molar-refractivity contribution < 1.29 is 19.1 Å². The van der Waals surface area contributed by atoms with Gasteiger partial charge in [-0.1, -0.05) is 6.07 Å². The summed E-state index contributed by atoms with van der Waals surface area (Å²) >= 11 is 0. The summed E-state index contributed by atoms with van der Waals surface area (Å²) < 4.78 is 10.2. The van der Waals surface area contributed by atoms with Crippen LogP contribution in [0, 0.1) is 19.8 Å². The molecular weight excluding hydrogens is 446 g/mol. The molecule has 0 aliphatic carbocycles. The third kappa shape index (κ3) is 6.02. The van der Waals surface area contributed by atoms with E-state index in [0.29, 0.717) is 35.0 Å². The molecule has 190 valence electrons. The van der Waals surface area contributed by atoms with E-state index in [-0.39, 0.29) is 12.5 Å². The first-order chi connectivity index (χ1) is 17.0. The van der Waals surface area contributed by atoms with E-state index in [4.69, 9.17) is 9.47 Å². The first kappa shape index (κ1) is 25.2. The zero-order valence-corrected chi connectivity index (χ0v) is 21.1. The van der Waals surface area contributed by atoms with Crippen molar-refractivity contribution in [2.45, 2.75) is 26.7 Å². The number of aromatic nitrogens is 2. The monoisotopic (exact) mass is 483 g/mol. The van der Waals surface area contributed by atoms with Gasteiger partial charge in [-0.05, 0) is 50.3 Å². The van der Waals surface area contributed by atoms with Crippen LogP contribution in [0.25, 0.3) is 0 Å². The zero-order chi connectivity index (χ0) is 24.8. The minimum atomic E-state index is -0.422. The Kier molecular flexibility index (Phi) is 8.41. The molecule has 0 spiro atoms. The Morgan fingerprint density at radius 3 is 2.63 bits per heavy atom. The van der Waals surface area contributed by atoms with Crippen LogP contribution in [-0.4, -0.2) is 97.8 Å². The van der Waals surface area contributed by atoms with Crippen molar-refractivity contribution in [3.05, 3.63) is 46.9 Å². The smallest absolute Gasteiger partial charge is 0.340 e. The van der Waals surface area contributed by atoms with Gasteiger partial charge in [0.15, 0.2) is 0 Å². The molecule has 1 atom stereocenters. The molecule has 0 bridgehead atoms. The number of piperidine rings is 1. The second kappa shape index (κ2) is 11.7. The van der Waals surface area contributed by atoms with Gasteiger partial charge in [0.2, 0.25) is 0 Å². The van der Waals surface area contributed by atoms with Gasteiger partial charge in [0.25, 0.3) is 5.91 Å². The second-order valence-electron chi connectivity index (χ2n) is 9.49. The van der Waals surface area contributed by atoms with Crippen molar-refractivity contribution in [2.75, 3.05) is 71.0 Å². The highest BCUT2D eigenvalue weighted by molar-refractivity contribution is 6.00. The van der Waals surface area contributed by atoms with Gasteiger partial charge in [0.1, 0.15) is 18.1 Å². The lowest BCUT2D eigenvalue weighted by Crippen LogP contribution is -2.50. The van der Waals surface area contributed by atoms with Crippen LogP contribution in [0.1, 0.15) is 44.9 Å². The van der Waals surface area contributed by atoms with Crippen molar-refractivity contribution in [3.63, 3.8) is 0 Å². The summed E-state index contributed by atoms with van der Waals surface area (Å²) in [5.41, 5.74) is 2.25. The number of aryl methyl sites for hydroxylation is 1. The molecule has 2 aromatic rings. The Bertz CT molecular complexity index is 1000.